The second kappa shape index (κ2) is 6.11. The van der Waals surface area contributed by atoms with Crippen LogP contribution in [-0.2, 0) is 0 Å². The molecule has 15 heavy (non-hydrogen) atoms. The molecule has 2 unspecified atom stereocenters. The van der Waals surface area contributed by atoms with Crippen LogP contribution in [0.1, 0.15) is 24.2 Å². The van der Waals surface area contributed by atoms with E-state index < -0.39 is 0 Å². The van der Waals surface area contributed by atoms with Crippen LogP contribution in [0.5, 0.6) is 0 Å². The summed E-state index contributed by atoms with van der Waals surface area (Å²) in [5.74, 6) is -0.0900. The summed E-state index contributed by atoms with van der Waals surface area (Å²) in [5.41, 5.74) is 6.32. The molecule has 2 atom stereocenters. The number of ketones is 1. The maximum absolute atomic E-state index is 11.8. The molecule has 0 spiro atoms. The number of halogens is 2. The van der Waals surface area contributed by atoms with E-state index in [2.05, 4.69) is 0 Å². The number of benzene rings is 1. The van der Waals surface area contributed by atoms with E-state index in [4.69, 9.17) is 17.3 Å². The van der Waals surface area contributed by atoms with Gasteiger partial charge >= 0.3 is 0 Å². The van der Waals surface area contributed by atoms with Crippen molar-refractivity contribution >= 4 is 29.8 Å². The van der Waals surface area contributed by atoms with Gasteiger partial charge in [0, 0.05) is 22.5 Å². The second-order valence-electron chi connectivity index (χ2n) is 3.52. The largest absolute Gasteiger partial charge is 0.327 e. The fraction of sp³-hybridized carbons (Fsp3) is 0.364. The molecule has 0 heterocycles. The van der Waals surface area contributed by atoms with Gasteiger partial charge in [-0.3, -0.25) is 4.79 Å². The van der Waals surface area contributed by atoms with E-state index in [1.165, 1.54) is 0 Å². The Morgan fingerprint density at radius 1 is 1.27 bits per heavy atom. The molecule has 2 nitrogen and oxygen atoms in total. The van der Waals surface area contributed by atoms with Gasteiger partial charge in [-0.15, -0.1) is 12.4 Å². The molecular weight excluding hydrogens is 233 g/mol. The summed E-state index contributed by atoms with van der Waals surface area (Å²) in [4.78, 5) is 11.8. The SMILES string of the molecule is CC(N)C(C)C(=O)c1ccc(Cl)cc1.Cl. The van der Waals surface area contributed by atoms with E-state index in [0.29, 0.717) is 10.6 Å². The molecule has 2 N–H and O–H groups in total. The van der Waals surface area contributed by atoms with Crippen LogP contribution in [0, 0.1) is 5.92 Å². The summed E-state index contributed by atoms with van der Waals surface area (Å²) in [7, 11) is 0. The van der Waals surface area contributed by atoms with Crippen molar-refractivity contribution in [1.82, 2.24) is 0 Å². The molecule has 0 saturated heterocycles. The van der Waals surface area contributed by atoms with E-state index in [1.54, 1.807) is 24.3 Å². The molecule has 4 heteroatoms. The molecule has 0 saturated carbocycles. The summed E-state index contributed by atoms with van der Waals surface area (Å²) in [6, 6.07) is 6.75. The van der Waals surface area contributed by atoms with Crippen LogP contribution >= 0.6 is 24.0 Å². The van der Waals surface area contributed by atoms with Crippen molar-refractivity contribution in [3.63, 3.8) is 0 Å². The summed E-state index contributed by atoms with van der Waals surface area (Å²) in [6.07, 6.45) is 0. The lowest BCUT2D eigenvalue weighted by Crippen LogP contribution is -2.30. The first-order chi connectivity index (χ1) is 6.52. The number of carbonyl (C=O) groups is 1. The number of rotatable bonds is 3. The lowest BCUT2D eigenvalue weighted by atomic mass is 9.94. The minimum Gasteiger partial charge on any atom is -0.327 e. The quantitative estimate of drug-likeness (QED) is 0.835. The molecule has 1 rings (SSSR count). The summed E-state index contributed by atoms with van der Waals surface area (Å²) < 4.78 is 0. The van der Waals surface area contributed by atoms with E-state index in [0.717, 1.165) is 0 Å². The van der Waals surface area contributed by atoms with Gasteiger partial charge in [0.25, 0.3) is 0 Å². The summed E-state index contributed by atoms with van der Waals surface area (Å²) >= 11 is 5.72. The number of hydrogen-bond donors (Lipinski definition) is 1. The van der Waals surface area contributed by atoms with Crippen LogP contribution < -0.4 is 5.73 Å². The van der Waals surface area contributed by atoms with Crippen molar-refractivity contribution in [3.8, 4) is 0 Å². The third-order valence-corrected chi connectivity index (χ3v) is 2.58. The summed E-state index contributed by atoms with van der Waals surface area (Å²) in [5, 5.41) is 0.634. The smallest absolute Gasteiger partial charge is 0.167 e. The van der Waals surface area contributed by atoms with Crippen LogP contribution in [0.25, 0.3) is 0 Å². The monoisotopic (exact) mass is 247 g/mol. The van der Waals surface area contributed by atoms with E-state index >= 15 is 0 Å². The van der Waals surface area contributed by atoms with Crippen molar-refractivity contribution in [1.29, 1.82) is 0 Å². The van der Waals surface area contributed by atoms with Gasteiger partial charge in [-0.1, -0.05) is 18.5 Å². The highest BCUT2D eigenvalue weighted by Crippen LogP contribution is 2.14. The highest BCUT2D eigenvalue weighted by molar-refractivity contribution is 6.30. The Morgan fingerprint density at radius 2 is 1.73 bits per heavy atom. The maximum atomic E-state index is 11.8. The Bertz CT molecular complexity index is 322. The highest BCUT2D eigenvalue weighted by Gasteiger charge is 2.18. The Kier molecular flexibility index (Phi) is 5.88. The topological polar surface area (TPSA) is 43.1 Å². The number of hydrogen-bond acceptors (Lipinski definition) is 2. The zero-order valence-corrected chi connectivity index (χ0v) is 10.3. The van der Waals surface area contributed by atoms with Crippen molar-refractivity contribution in [2.75, 3.05) is 0 Å². The number of Topliss-reactive ketones (excluding diaryl/α,β-unsaturated/α-hetero) is 1. The van der Waals surface area contributed by atoms with Gasteiger partial charge in [-0.2, -0.15) is 0 Å². The third kappa shape index (κ3) is 3.82. The lowest BCUT2D eigenvalue weighted by molar-refractivity contribution is 0.0917. The molecule has 1 aromatic carbocycles. The Balaban J connectivity index is 0.00000196. The molecule has 1 aromatic rings. The molecule has 0 radical (unpaired) electrons. The van der Waals surface area contributed by atoms with Crippen LogP contribution in [0.15, 0.2) is 24.3 Å². The van der Waals surface area contributed by atoms with Gasteiger partial charge in [0.2, 0.25) is 0 Å². The Labute approximate surface area is 101 Å². The molecule has 0 amide bonds. The molecule has 84 valence electrons. The van der Waals surface area contributed by atoms with Crippen LogP contribution in [0.3, 0.4) is 0 Å². The van der Waals surface area contributed by atoms with E-state index in [9.17, 15) is 4.79 Å². The van der Waals surface area contributed by atoms with E-state index in [-0.39, 0.29) is 30.2 Å². The van der Waals surface area contributed by atoms with Crippen molar-refractivity contribution < 1.29 is 4.79 Å². The second-order valence-corrected chi connectivity index (χ2v) is 3.96. The van der Waals surface area contributed by atoms with Crippen molar-refractivity contribution in [2.45, 2.75) is 19.9 Å². The first-order valence-corrected chi connectivity index (χ1v) is 4.95. The zero-order chi connectivity index (χ0) is 10.7. The van der Waals surface area contributed by atoms with Crippen LogP contribution in [0.2, 0.25) is 5.02 Å². The molecular formula is C11H15Cl2NO. The highest BCUT2D eigenvalue weighted by atomic mass is 35.5. The van der Waals surface area contributed by atoms with Crippen LogP contribution in [0.4, 0.5) is 0 Å². The van der Waals surface area contributed by atoms with Gasteiger partial charge < -0.3 is 5.73 Å². The first-order valence-electron chi connectivity index (χ1n) is 4.57. The molecule has 0 aliphatic heterocycles. The zero-order valence-electron chi connectivity index (χ0n) is 8.74. The van der Waals surface area contributed by atoms with Gasteiger partial charge in [-0.05, 0) is 31.2 Å². The van der Waals surface area contributed by atoms with E-state index in [1.807, 2.05) is 13.8 Å². The van der Waals surface area contributed by atoms with Crippen molar-refractivity contribution in [2.24, 2.45) is 11.7 Å². The number of nitrogens with two attached hydrogens (primary N) is 1. The lowest BCUT2D eigenvalue weighted by Gasteiger charge is -2.13. The van der Waals surface area contributed by atoms with Crippen LogP contribution in [-0.4, -0.2) is 11.8 Å². The molecule has 0 aliphatic carbocycles. The minimum absolute atomic E-state index is 0. The third-order valence-electron chi connectivity index (χ3n) is 2.33. The minimum atomic E-state index is -0.156. The average Bonchev–Trinajstić information content (AvgIpc) is 2.16. The molecule has 0 bridgehead atoms. The Morgan fingerprint density at radius 3 is 2.13 bits per heavy atom. The van der Waals surface area contributed by atoms with Crippen molar-refractivity contribution in [3.05, 3.63) is 34.9 Å². The van der Waals surface area contributed by atoms with Gasteiger partial charge in [0.15, 0.2) is 5.78 Å². The predicted octanol–water partition coefficient (Wildman–Crippen LogP) is 2.93. The summed E-state index contributed by atoms with van der Waals surface area (Å²) in [6.45, 7) is 3.67. The van der Waals surface area contributed by atoms with Gasteiger partial charge in [0.1, 0.15) is 0 Å². The molecule has 0 fully saturated rings. The number of carbonyl (C=O) groups excluding carboxylic acids is 1. The Hall–Kier alpha value is -0.570. The van der Waals surface area contributed by atoms with Gasteiger partial charge in [-0.25, -0.2) is 0 Å². The predicted molar refractivity (Wildman–Crippen MR) is 65.8 cm³/mol. The standard InChI is InChI=1S/C11H14ClNO.ClH/c1-7(8(2)13)11(14)9-3-5-10(12)6-4-9;/h3-8H,13H2,1-2H3;1H. The fourth-order valence-corrected chi connectivity index (χ4v) is 1.24. The normalized spacial score (nSPS) is 13.9. The maximum Gasteiger partial charge on any atom is 0.167 e. The molecule has 0 aliphatic rings. The fourth-order valence-electron chi connectivity index (χ4n) is 1.12. The van der Waals surface area contributed by atoms with Gasteiger partial charge in [0.05, 0.1) is 0 Å². The molecule has 0 aromatic heterocycles. The average molecular weight is 248 g/mol. The first kappa shape index (κ1) is 14.4.